The van der Waals surface area contributed by atoms with Crippen molar-refractivity contribution in [3.8, 4) is 0 Å². The van der Waals surface area contributed by atoms with Crippen LogP contribution in [0.3, 0.4) is 0 Å². The number of amides is 1. The maximum atomic E-state index is 12.5. The molecule has 0 saturated carbocycles. The normalized spacial score (nSPS) is 10.4. The molecule has 116 valence electrons. The van der Waals surface area contributed by atoms with E-state index in [1.807, 2.05) is 49.9 Å². The first kappa shape index (κ1) is 16.1. The Balaban J connectivity index is 2.08. The van der Waals surface area contributed by atoms with Crippen molar-refractivity contribution in [2.45, 2.75) is 27.7 Å². The second-order valence-corrected chi connectivity index (χ2v) is 5.65. The lowest BCUT2D eigenvalue weighted by Gasteiger charge is -2.22. The third kappa shape index (κ3) is 3.88. The molecule has 3 nitrogen and oxygen atoms in total. The van der Waals surface area contributed by atoms with Crippen LogP contribution in [-0.2, 0) is 4.79 Å². The van der Waals surface area contributed by atoms with Gasteiger partial charge in [0.25, 0.3) is 0 Å². The highest BCUT2D eigenvalue weighted by Gasteiger charge is 2.14. The second kappa shape index (κ2) is 7.12. The van der Waals surface area contributed by atoms with Gasteiger partial charge >= 0.3 is 0 Å². The molecule has 0 aliphatic carbocycles. The van der Waals surface area contributed by atoms with Crippen LogP contribution in [0.4, 0.5) is 11.4 Å². The van der Waals surface area contributed by atoms with E-state index in [1.54, 1.807) is 0 Å². The van der Waals surface area contributed by atoms with Crippen LogP contribution >= 0.6 is 0 Å². The van der Waals surface area contributed by atoms with Crippen LogP contribution in [0.15, 0.2) is 42.5 Å². The summed E-state index contributed by atoms with van der Waals surface area (Å²) in [6.45, 7) is 9.10. The molecule has 0 aliphatic rings. The van der Waals surface area contributed by atoms with E-state index >= 15 is 0 Å². The molecule has 0 radical (unpaired) electrons. The van der Waals surface area contributed by atoms with Gasteiger partial charge in [-0.2, -0.15) is 0 Å². The lowest BCUT2D eigenvalue weighted by atomic mass is 10.1. The minimum absolute atomic E-state index is 0.0778. The summed E-state index contributed by atoms with van der Waals surface area (Å²) < 4.78 is 0. The third-order valence-corrected chi connectivity index (χ3v) is 3.75. The first-order valence-corrected chi connectivity index (χ1v) is 7.69. The number of benzene rings is 2. The summed E-state index contributed by atoms with van der Waals surface area (Å²) >= 11 is 0. The van der Waals surface area contributed by atoms with Crippen molar-refractivity contribution >= 4 is 17.3 Å². The second-order valence-electron chi connectivity index (χ2n) is 5.65. The lowest BCUT2D eigenvalue weighted by molar-refractivity contribution is -0.116. The Hall–Kier alpha value is -2.29. The smallest absolute Gasteiger partial charge is 0.246 e. The zero-order valence-electron chi connectivity index (χ0n) is 13.8. The van der Waals surface area contributed by atoms with Crippen LogP contribution in [-0.4, -0.2) is 19.0 Å². The average molecular weight is 296 g/mol. The highest BCUT2D eigenvalue weighted by atomic mass is 16.2. The van der Waals surface area contributed by atoms with E-state index < -0.39 is 0 Å². The lowest BCUT2D eigenvalue weighted by Crippen LogP contribution is -2.35. The Morgan fingerprint density at radius 3 is 2.45 bits per heavy atom. The van der Waals surface area contributed by atoms with Crippen LogP contribution in [0.5, 0.6) is 0 Å². The summed E-state index contributed by atoms with van der Waals surface area (Å²) in [6, 6.07) is 14.3. The monoisotopic (exact) mass is 296 g/mol. The van der Waals surface area contributed by atoms with E-state index in [2.05, 4.69) is 30.4 Å². The number of nitrogens with zero attached hydrogens (tertiary/aromatic N) is 1. The maximum Gasteiger partial charge on any atom is 0.246 e. The number of rotatable bonds is 5. The quantitative estimate of drug-likeness (QED) is 0.901. The molecule has 2 rings (SSSR count). The maximum absolute atomic E-state index is 12.5. The predicted octanol–water partition coefficient (Wildman–Crippen LogP) is 4.08. The number of aryl methyl sites for hydroxylation is 3. The standard InChI is InChI=1S/C19H24N2O/c1-5-21(17-8-6-7-14(2)11-17)19(22)13-20-18-12-15(3)9-10-16(18)4/h6-12,20H,5,13H2,1-4H3. The van der Waals surface area contributed by atoms with E-state index in [0.717, 1.165) is 22.5 Å². The molecule has 2 aromatic carbocycles. The molecular formula is C19H24N2O. The number of carbonyl (C=O) groups is 1. The van der Waals surface area contributed by atoms with Crippen LogP contribution in [0, 0.1) is 20.8 Å². The van der Waals surface area contributed by atoms with E-state index in [0.29, 0.717) is 13.1 Å². The van der Waals surface area contributed by atoms with Gasteiger partial charge in [-0.3, -0.25) is 4.79 Å². The van der Waals surface area contributed by atoms with Gasteiger partial charge in [-0.05, 0) is 62.6 Å². The summed E-state index contributed by atoms with van der Waals surface area (Å²) in [6.07, 6.45) is 0. The third-order valence-electron chi connectivity index (χ3n) is 3.75. The van der Waals surface area contributed by atoms with E-state index in [1.165, 1.54) is 5.56 Å². The first-order valence-electron chi connectivity index (χ1n) is 7.69. The zero-order chi connectivity index (χ0) is 16.1. The molecule has 1 amide bonds. The number of nitrogens with one attached hydrogen (secondary N) is 1. The molecule has 0 heterocycles. The number of likely N-dealkylation sites (N-methyl/N-ethyl adjacent to an activating group) is 1. The number of hydrogen-bond donors (Lipinski definition) is 1. The predicted molar refractivity (Wildman–Crippen MR) is 93.6 cm³/mol. The van der Waals surface area contributed by atoms with E-state index in [-0.39, 0.29) is 5.91 Å². The highest BCUT2D eigenvalue weighted by Crippen LogP contribution is 2.18. The molecule has 0 fully saturated rings. The van der Waals surface area contributed by atoms with Crippen molar-refractivity contribution in [1.29, 1.82) is 0 Å². The van der Waals surface area contributed by atoms with Crippen LogP contribution in [0.1, 0.15) is 23.6 Å². The Kier molecular flexibility index (Phi) is 5.21. The van der Waals surface area contributed by atoms with Crippen LogP contribution in [0.2, 0.25) is 0 Å². The van der Waals surface area contributed by atoms with Gasteiger partial charge < -0.3 is 10.2 Å². The Morgan fingerprint density at radius 2 is 1.77 bits per heavy atom. The highest BCUT2D eigenvalue weighted by molar-refractivity contribution is 5.96. The van der Waals surface area contributed by atoms with Gasteiger partial charge in [-0.25, -0.2) is 0 Å². The summed E-state index contributed by atoms with van der Waals surface area (Å²) in [5, 5.41) is 3.26. The molecule has 3 heteroatoms. The summed E-state index contributed by atoms with van der Waals surface area (Å²) in [4.78, 5) is 14.3. The van der Waals surface area contributed by atoms with Gasteiger partial charge in [-0.1, -0.05) is 24.3 Å². The minimum atomic E-state index is 0.0778. The van der Waals surface area contributed by atoms with Gasteiger partial charge in [-0.15, -0.1) is 0 Å². The first-order chi connectivity index (χ1) is 10.5. The van der Waals surface area contributed by atoms with Gasteiger partial charge in [0.2, 0.25) is 5.91 Å². The van der Waals surface area contributed by atoms with Gasteiger partial charge in [0, 0.05) is 17.9 Å². The van der Waals surface area contributed by atoms with Gasteiger partial charge in [0.05, 0.1) is 6.54 Å². The summed E-state index contributed by atoms with van der Waals surface area (Å²) in [5.74, 6) is 0.0778. The summed E-state index contributed by atoms with van der Waals surface area (Å²) in [5.41, 5.74) is 5.47. The molecule has 2 aromatic rings. The van der Waals surface area contributed by atoms with Crippen LogP contribution in [0.25, 0.3) is 0 Å². The topological polar surface area (TPSA) is 32.3 Å². The molecular weight excluding hydrogens is 272 g/mol. The number of anilines is 2. The molecule has 0 spiro atoms. The summed E-state index contributed by atoms with van der Waals surface area (Å²) in [7, 11) is 0. The molecule has 22 heavy (non-hydrogen) atoms. The fourth-order valence-corrected chi connectivity index (χ4v) is 2.49. The minimum Gasteiger partial charge on any atom is -0.376 e. The van der Waals surface area contributed by atoms with Crippen molar-refractivity contribution < 1.29 is 4.79 Å². The van der Waals surface area contributed by atoms with Gasteiger partial charge in [0.15, 0.2) is 0 Å². The van der Waals surface area contributed by atoms with E-state index in [9.17, 15) is 4.79 Å². The van der Waals surface area contributed by atoms with E-state index in [4.69, 9.17) is 0 Å². The van der Waals surface area contributed by atoms with Crippen molar-refractivity contribution in [3.05, 3.63) is 59.2 Å². The number of carbonyl (C=O) groups excluding carboxylic acids is 1. The molecule has 0 aromatic heterocycles. The Bertz CT molecular complexity index is 664. The zero-order valence-corrected chi connectivity index (χ0v) is 13.8. The molecule has 0 saturated heterocycles. The van der Waals surface area contributed by atoms with Crippen molar-refractivity contribution in [2.75, 3.05) is 23.3 Å². The molecule has 1 N–H and O–H groups in total. The number of hydrogen-bond acceptors (Lipinski definition) is 2. The molecule has 0 atom stereocenters. The van der Waals surface area contributed by atoms with Crippen molar-refractivity contribution in [1.82, 2.24) is 0 Å². The Morgan fingerprint density at radius 1 is 1.05 bits per heavy atom. The van der Waals surface area contributed by atoms with Crippen LogP contribution < -0.4 is 10.2 Å². The average Bonchev–Trinajstić information content (AvgIpc) is 2.49. The largest absolute Gasteiger partial charge is 0.376 e. The fraction of sp³-hybridized carbons (Fsp3) is 0.316. The Labute approximate surface area is 133 Å². The fourth-order valence-electron chi connectivity index (χ4n) is 2.49. The SMILES string of the molecule is CCN(C(=O)CNc1cc(C)ccc1C)c1cccc(C)c1. The molecule has 0 unspecified atom stereocenters. The van der Waals surface area contributed by atoms with Gasteiger partial charge in [0.1, 0.15) is 0 Å². The van der Waals surface area contributed by atoms with Crippen molar-refractivity contribution in [2.24, 2.45) is 0 Å². The molecule has 0 aliphatic heterocycles. The molecule has 0 bridgehead atoms. The van der Waals surface area contributed by atoms with Crippen molar-refractivity contribution in [3.63, 3.8) is 0 Å².